The van der Waals surface area contributed by atoms with E-state index >= 15 is 0 Å². The Morgan fingerprint density at radius 3 is 2.81 bits per heavy atom. The molecule has 0 aromatic carbocycles. The second-order valence-electron chi connectivity index (χ2n) is 4.52. The molecule has 0 radical (unpaired) electrons. The number of hydrogen-bond donors (Lipinski definition) is 1. The Morgan fingerprint density at radius 2 is 2.25 bits per heavy atom. The van der Waals surface area contributed by atoms with Gasteiger partial charge in [0.15, 0.2) is 0 Å². The van der Waals surface area contributed by atoms with E-state index in [1.165, 1.54) is 0 Å². The third-order valence-corrected chi connectivity index (χ3v) is 4.42. The van der Waals surface area contributed by atoms with Gasteiger partial charge in [0.05, 0.1) is 5.41 Å². The number of likely N-dealkylation sites (tertiary alicyclic amines) is 1. The van der Waals surface area contributed by atoms with E-state index in [0.717, 1.165) is 50.4 Å². The number of rotatable bonds is 6. The zero-order valence-corrected chi connectivity index (χ0v) is 11.2. The molecule has 1 saturated heterocycles. The van der Waals surface area contributed by atoms with Crippen molar-refractivity contribution in [1.82, 2.24) is 4.90 Å². The first-order chi connectivity index (χ1) is 7.64. The van der Waals surface area contributed by atoms with Gasteiger partial charge in [0.1, 0.15) is 0 Å². The summed E-state index contributed by atoms with van der Waals surface area (Å²) in [6.07, 6.45) is 2.62. The summed E-state index contributed by atoms with van der Waals surface area (Å²) in [5.41, 5.74) is -0.477. The van der Waals surface area contributed by atoms with Crippen LogP contribution < -0.4 is 0 Å². The maximum absolute atomic E-state index is 11.4. The molecule has 1 aliphatic rings. The second kappa shape index (κ2) is 6.50. The summed E-state index contributed by atoms with van der Waals surface area (Å²) in [7, 11) is 0. The SMILES string of the molecule is CCSCCN1CCCC(CC)(C(=O)O)C1. The van der Waals surface area contributed by atoms with E-state index in [1.807, 2.05) is 18.7 Å². The molecule has 1 atom stereocenters. The van der Waals surface area contributed by atoms with E-state index in [4.69, 9.17) is 0 Å². The smallest absolute Gasteiger partial charge is 0.310 e. The Hall–Kier alpha value is -0.220. The van der Waals surface area contributed by atoms with E-state index in [9.17, 15) is 9.90 Å². The van der Waals surface area contributed by atoms with Crippen molar-refractivity contribution in [3.63, 3.8) is 0 Å². The summed E-state index contributed by atoms with van der Waals surface area (Å²) in [4.78, 5) is 13.7. The van der Waals surface area contributed by atoms with E-state index in [0.29, 0.717) is 0 Å². The zero-order valence-electron chi connectivity index (χ0n) is 10.4. The summed E-state index contributed by atoms with van der Waals surface area (Å²) in [6, 6.07) is 0. The van der Waals surface area contributed by atoms with Crippen molar-refractivity contribution >= 4 is 17.7 Å². The highest BCUT2D eigenvalue weighted by Crippen LogP contribution is 2.33. The maximum atomic E-state index is 11.4. The number of aliphatic carboxylic acids is 1. The Bertz CT molecular complexity index is 235. The lowest BCUT2D eigenvalue weighted by Crippen LogP contribution is -2.48. The average molecular weight is 245 g/mol. The van der Waals surface area contributed by atoms with Gasteiger partial charge >= 0.3 is 5.97 Å². The van der Waals surface area contributed by atoms with Gasteiger partial charge in [0.2, 0.25) is 0 Å². The minimum Gasteiger partial charge on any atom is -0.481 e. The Kier molecular flexibility index (Phi) is 5.62. The molecular formula is C12H23NO2S. The molecule has 0 aromatic heterocycles. The number of piperidine rings is 1. The molecule has 1 aliphatic heterocycles. The monoisotopic (exact) mass is 245 g/mol. The third kappa shape index (κ3) is 3.39. The number of thioether (sulfide) groups is 1. The van der Waals surface area contributed by atoms with Crippen LogP contribution in [0.4, 0.5) is 0 Å². The fourth-order valence-electron chi connectivity index (χ4n) is 2.37. The highest BCUT2D eigenvalue weighted by molar-refractivity contribution is 7.99. The van der Waals surface area contributed by atoms with Gasteiger partial charge in [-0.3, -0.25) is 4.79 Å². The summed E-state index contributed by atoms with van der Waals surface area (Å²) < 4.78 is 0. The molecule has 1 N–H and O–H groups in total. The lowest BCUT2D eigenvalue weighted by atomic mass is 9.78. The highest BCUT2D eigenvalue weighted by atomic mass is 32.2. The van der Waals surface area contributed by atoms with Gasteiger partial charge in [-0.2, -0.15) is 11.8 Å². The van der Waals surface area contributed by atoms with Gasteiger partial charge in [-0.25, -0.2) is 0 Å². The van der Waals surface area contributed by atoms with Crippen molar-refractivity contribution in [1.29, 1.82) is 0 Å². The average Bonchev–Trinajstić information content (AvgIpc) is 2.29. The van der Waals surface area contributed by atoms with Crippen molar-refractivity contribution in [3.05, 3.63) is 0 Å². The van der Waals surface area contributed by atoms with Gasteiger partial charge < -0.3 is 10.0 Å². The quantitative estimate of drug-likeness (QED) is 0.729. The molecular weight excluding hydrogens is 222 g/mol. The zero-order chi connectivity index (χ0) is 12.0. The first-order valence-electron chi connectivity index (χ1n) is 6.18. The van der Waals surface area contributed by atoms with Gasteiger partial charge in [-0.05, 0) is 31.6 Å². The molecule has 1 rings (SSSR count). The first kappa shape index (κ1) is 13.8. The predicted octanol–water partition coefficient (Wildman–Crippen LogP) is 2.32. The van der Waals surface area contributed by atoms with Crippen molar-refractivity contribution in [2.45, 2.75) is 33.1 Å². The van der Waals surface area contributed by atoms with Crippen LogP contribution in [0.1, 0.15) is 33.1 Å². The molecule has 0 saturated carbocycles. The molecule has 1 heterocycles. The molecule has 1 unspecified atom stereocenters. The summed E-state index contributed by atoms with van der Waals surface area (Å²) in [5.74, 6) is 1.66. The molecule has 16 heavy (non-hydrogen) atoms. The standard InChI is InChI=1S/C12H23NO2S/c1-3-12(11(14)15)6-5-7-13(10-12)8-9-16-4-2/h3-10H2,1-2H3,(H,14,15). The van der Waals surface area contributed by atoms with E-state index in [-0.39, 0.29) is 0 Å². The number of carbonyl (C=O) groups is 1. The van der Waals surface area contributed by atoms with Gasteiger partial charge in [0, 0.05) is 18.8 Å². The number of hydrogen-bond acceptors (Lipinski definition) is 3. The third-order valence-electron chi connectivity index (χ3n) is 3.54. The number of nitrogens with zero attached hydrogens (tertiary/aromatic N) is 1. The molecule has 0 aliphatic carbocycles. The molecule has 1 fully saturated rings. The summed E-state index contributed by atoms with van der Waals surface area (Å²) >= 11 is 1.93. The van der Waals surface area contributed by atoms with Crippen LogP contribution in [0, 0.1) is 5.41 Å². The second-order valence-corrected chi connectivity index (χ2v) is 5.91. The van der Waals surface area contributed by atoms with E-state index in [2.05, 4.69) is 11.8 Å². The lowest BCUT2D eigenvalue weighted by Gasteiger charge is -2.39. The van der Waals surface area contributed by atoms with E-state index < -0.39 is 11.4 Å². The van der Waals surface area contributed by atoms with Crippen molar-refractivity contribution in [2.24, 2.45) is 5.41 Å². The largest absolute Gasteiger partial charge is 0.481 e. The fraction of sp³-hybridized carbons (Fsp3) is 0.917. The summed E-state index contributed by atoms with van der Waals surface area (Å²) in [6.45, 7) is 7.00. The van der Waals surface area contributed by atoms with Crippen LogP contribution in [0.5, 0.6) is 0 Å². The van der Waals surface area contributed by atoms with Crippen molar-refractivity contribution in [3.8, 4) is 0 Å². The van der Waals surface area contributed by atoms with Crippen molar-refractivity contribution in [2.75, 3.05) is 31.1 Å². The molecule has 94 valence electrons. The fourth-order valence-corrected chi connectivity index (χ4v) is 3.05. The Balaban J connectivity index is 2.48. The first-order valence-corrected chi connectivity index (χ1v) is 7.33. The normalized spacial score (nSPS) is 26.9. The molecule has 0 aromatic rings. The van der Waals surface area contributed by atoms with Crippen LogP contribution in [-0.2, 0) is 4.79 Å². The predicted molar refractivity (Wildman–Crippen MR) is 69.0 cm³/mol. The van der Waals surface area contributed by atoms with Crippen LogP contribution in [0.2, 0.25) is 0 Å². The maximum Gasteiger partial charge on any atom is 0.310 e. The molecule has 0 spiro atoms. The van der Waals surface area contributed by atoms with Gasteiger partial charge in [-0.15, -0.1) is 0 Å². The molecule has 0 amide bonds. The van der Waals surface area contributed by atoms with Crippen molar-refractivity contribution < 1.29 is 9.90 Å². The topological polar surface area (TPSA) is 40.5 Å². The van der Waals surface area contributed by atoms with Gasteiger partial charge in [0.25, 0.3) is 0 Å². The van der Waals surface area contributed by atoms with Gasteiger partial charge in [-0.1, -0.05) is 13.8 Å². The number of carboxylic acids is 1. The highest BCUT2D eigenvalue weighted by Gasteiger charge is 2.40. The van der Waals surface area contributed by atoms with Crippen LogP contribution in [0.15, 0.2) is 0 Å². The van der Waals surface area contributed by atoms with Crippen LogP contribution in [0.25, 0.3) is 0 Å². The van der Waals surface area contributed by atoms with Crippen LogP contribution in [0.3, 0.4) is 0 Å². The van der Waals surface area contributed by atoms with Crippen LogP contribution in [-0.4, -0.2) is 47.1 Å². The molecule has 4 heteroatoms. The lowest BCUT2D eigenvalue weighted by molar-refractivity contribution is -0.152. The molecule has 0 bridgehead atoms. The van der Waals surface area contributed by atoms with E-state index in [1.54, 1.807) is 0 Å². The minimum absolute atomic E-state index is 0.477. The molecule has 3 nitrogen and oxygen atoms in total. The Morgan fingerprint density at radius 1 is 1.50 bits per heavy atom. The minimum atomic E-state index is -0.608. The Labute approximate surface area is 103 Å². The number of carboxylic acid groups (broad SMARTS) is 1. The van der Waals surface area contributed by atoms with Crippen LogP contribution >= 0.6 is 11.8 Å². The summed E-state index contributed by atoms with van der Waals surface area (Å²) in [5, 5.41) is 9.35.